The minimum absolute atomic E-state index is 0.122. The van der Waals surface area contributed by atoms with E-state index < -0.39 is 0 Å². The summed E-state index contributed by atoms with van der Waals surface area (Å²) in [6.45, 7) is 8.81. The van der Waals surface area contributed by atoms with Crippen molar-refractivity contribution in [2.45, 2.75) is 39.1 Å². The molecule has 0 N–H and O–H groups in total. The van der Waals surface area contributed by atoms with Crippen LogP contribution in [0.25, 0.3) is 5.69 Å². The third-order valence-corrected chi connectivity index (χ3v) is 6.10. The minimum Gasteiger partial charge on any atom is -0.341 e. The van der Waals surface area contributed by atoms with Crippen LogP contribution in [0.2, 0.25) is 0 Å². The first-order valence-corrected chi connectivity index (χ1v) is 10.4. The lowest BCUT2D eigenvalue weighted by atomic mass is 10.2. The largest absolute Gasteiger partial charge is 0.341 e. The fraction of sp³-hybridized carbons (Fsp3) is 0.304. The van der Waals surface area contributed by atoms with Crippen molar-refractivity contribution in [2.24, 2.45) is 0 Å². The molecule has 0 aliphatic rings. The van der Waals surface area contributed by atoms with E-state index in [0.717, 1.165) is 27.5 Å². The summed E-state index contributed by atoms with van der Waals surface area (Å²) in [5.74, 6) is 0.557. The number of aryl methyl sites for hydroxylation is 3. The standard InChI is InChI=1S/C23H27N3OS/c1-16-11-12-22(17(2)13-16)28-15-23(27)25(5)14-21-18(3)24-26(19(21)4)20-9-7-6-8-10-20/h6-13H,14-15H2,1-5H3. The van der Waals surface area contributed by atoms with Crippen LogP contribution in [-0.2, 0) is 11.3 Å². The average molecular weight is 394 g/mol. The Labute approximate surface area is 171 Å². The third kappa shape index (κ3) is 4.47. The van der Waals surface area contributed by atoms with E-state index in [9.17, 15) is 4.79 Å². The van der Waals surface area contributed by atoms with Gasteiger partial charge in [0.25, 0.3) is 0 Å². The van der Waals surface area contributed by atoms with Crippen molar-refractivity contribution in [3.63, 3.8) is 0 Å². The molecular formula is C23H27N3OS. The van der Waals surface area contributed by atoms with Gasteiger partial charge in [0.1, 0.15) is 0 Å². The van der Waals surface area contributed by atoms with Crippen LogP contribution >= 0.6 is 11.8 Å². The number of carbonyl (C=O) groups is 1. The van der Waals surface area contributed by atoms with E-state index in [-0.39, 0.29) is 5.91 Å². The molecule has 0 saturated carbocycles. The van der Waals surface area contributed by atoms with Crippen molar-refractivity contribution in [1.82, 2.24) is 14.7 Å². The van der Waals surface area contributed by atoms with Crippen molar-refractivity contribution in [1.29, 1.82) is 0 Å². The fourth-order valence-corrected chi connectivity index (χ4v) is 4.21. The van der Waals surface area contributed by atoms with Crippen LogP contribution in [0.1, 0.15) is 28.1 Å². The number of para-hydroxylation sites is 1. The molecule has 146 valence electrons. The van der Waals surface area contributed by atoms with Gasteiger partial charge in [-0.2, -0.15) is 5.10 Å². The van der Waals surface area contributed by atoms with Crippen LogP contribution in [-0.4, -0.2) is 33.4 Å². The lowest BCUT2D eigenvalue weighted by molar-refractivity contribution is -0.127. The molecule has 2 aromatic carbocycles. The molecule has 3 rings (SSSR count). The zero-order valence-corrected chi connectivity index (χ0v) is 18.0. The number of aromatic nitrogens is 2. The second-order valence-corrected chi connectivity index (χ2v) is 8.22. The Kier molecular flexibility index (Phi) is 6.25. The fourth-order valence-electron chi connectivity index (χ4n) is 3.26. The van der Waals surface area contributed by atoms with E-state index in [0.29, 0.717) is 12.3 Å². The summed E-state index contributed by atoms with van der Waals surface area (Å²) in [5.41, 5.74) is 6.64. The first kappa shape index (κ1) is 20.2. The van der Waals surface area contributed by atoms with Gasteiger partial charge in [-0.1, -0.05) is 35.9 Å². The molecule has 4 nitrogen and oxygen atoms in total. The quantitative estimate of drug-likeness (QED) is 0.562. The lowest BCUT2D eigenvalue weighted by Crippen LogP contribution is -2.28. The molecule has 0 atom stereocenters. The van der Waals surface area contributed by atoms with Crippen LogP contribution < -0.4 is 0 Å². The van der Waals surface area contributed by atoms with Crippen LogP contribution in [0.4, 0.5) is 0 Å². The summed E-state index contributed by atoms with van der Waals surface area (Å²) in [5, 5.41) is 4.68. The van der Waals surface area contributed by atoms with Gasteiger partial charge in [-0.15, -0.1) is 11.8 Å². The maximum absolute atomic E-state index is 12.7. The summed E-state index contributed by atoms with van der Waals surface area (Å²) in [7, 11) is 1.86. The van der Waals surface area contributed by atoms with Gasteiger partial charge in [-0.05, 0) is 51.5 Å². The molecular weight excluding hydrogens is 366 g/mol. The van der Waals surface area contributed by atoms with Gasteiger partial charge < -0.3 is 4.90 Å². The maximum Gasteiger partial charge on any atom is 0.232 e. The number of carbonyl (C=O) groups excluding carboxylic acids is 1. The van der Waals surface area contributed by atoms with Crippen LogP contribution in [0.15, 0.2) is 53.4 Å². The highest BCUT2D eigenvalue weighted by atomic mass is 32.2. The number of nitrogens with zero attached hydrogens (tertiary/aromatic N) is 3. The van der Waals surface area contributed by atoms with Crippen LogP contribution in [0.3, 0.4) is 0 Å². The summed E-state index contributed by atoms with van der Waals surface area (Å²) < 4.78 is 1.95. The highest BCUT2D eigenvalue weighted by Crippen LogP contribution is 2.24. The smallest absolute Gasteiger partial charge is 0.232 e. The summed E-state index contributed by atoms with van der Waals surface area (Å²) in [6, 6.07) is 16.4. The Balaban J connectivity index is 1.68. The molecule has 1 heterocycles. The van der Waals surface area contributed by atoms with Crippen molar-refractivity contribution >= 4 is 17.7 Å². The Bertz CT molecular complexity index is 979. The van der Waals surface area contributed by atoms with Crippen molar-refractivity contribution < 1.29 is 4.79 Å². The van der Waals surface area contributed by atoms with Crippen LogP contribution in [0.5, 0.6) is 0 Å². The Morgan fingerprint density at radius 2 is 1.79 bits per heavy atom. The second kappa shape index (κ2) is 8.65. The topological polar surface area (TPSA) is 38.1 Å². The summed E-state index contributed by atoms with van der Waals surface area (Å²) >= 11 is 1.60. The molecule has 0 fully saturated rings. The Hall–Kier alpha value is -2.53. The first-order chi connectivity index (χ1) is 13.4. The van der Waals surface area contributed by atoms with Gasteiger partial charge in [0.2, 0.25) is 5.91 Å². The molecule has 1 aromatic heterocycles. The second-order valence-electron chi connectivity index (χ2n) is 7.20. The molecule has 0 aliphatic carbocycles. The molecule has 0 saturated heterocycles. The lowest BCUT2D eigenvalue weighted by Gasteiger charge is -2.18. The SMILES string of the molecule is Cc1ccc(SCC(=O)N(C)Cc2c(C)nn(-c3ccccc3)c2C)c(C)c1. The van der Waals surface area contributed by atoms with Gasteiger partial charge in [0.05, 0.1) is 17.1 Å². The molecule has 28 heavy (non-hydrogen) atoms. The number of thioether (sulfide) groups is 1. The third-order valence-electron chi connectivity index (χ3n) is 4.94. The molecule has 0 unspecified atom stereocenters. The number of hydrogen-bond acceptors (Lipinski definition) is 3. The minimum atomic E-state index is 0.122. The summed E-state index contributed by atoms with van der Waals surface area (Å²) in [6.07, 6.45) is 0. The molecule has 0 radical (unpaired) electrons. The van der Waals surface area contributed by atoms with E-state index in [4.69, 9.17) is 0 Å². The molecule has 0 bridgehead atoms. The van der Waals surface area contributed by atoms with E-state index >= 15 is 0 Å². The van der Waals surface area contributed by atoms with Crippen molar-refractivity contribution in [3.05, 3.63) is 76.6 Å². The normalized spacial score (nSPS) is 10.9. The van der Waals surface area contributed by atoms with Crippen molar-refractivity contribution in [2.75, 3.05) is 12.8 Å². The van der Waals surface area contributed by atoms with E-state index in [1.807, 2.05) is 49.0 Å². The highest BCUT2D eigenvalue weighted by molar-refractivity contribution is 8.00. The number of benzene rings is 2. The predicted octanol–water partition coefficient (Wildman–Crippen LogP) is 4.86. The predicted molar refractivity (Wildman–Crippen MR) is 116 cm³/mol. The Morgan fingerprint density at radius 3 is 2.46 bits per heavy atom. The zero-order chi connectivity index (χ0) is 20.3. The molecule has 3 aromatic rings. The average Bonchev–Trinajstić information content (AvgIpc) is 2.96. The molecule has 0 aliphatic heterocycles. The van der Waals surface area contributed by atoms with Gasteiger partial charge in [-0.25, -0.2) is 4.68 Å². The molecule has 5 heteroatoms. The monoisotopic (exact) mass is 393 g/mol. The summed E-state index contributed by atoms with van der Waals surface area (Å²) in [4.78, 5) is 15.6. The maximum atomic E-state index is 12.7. The van der Waals surface area contributed by atoms with Crippen LogP contribution in [0, 0.1) is 27.7 Å². The highest BCUT2D eigenvalue weighted by Gasteiger charge is 2.17. The van der Waals surface area contributed by atoms with E-state index in [1.165, 1.54) is 11.1 Å². The van der Waals surface area contributed by atoms with E-state index in [2.05, 4.69) is 44.1 Å². The van der Waals surface area contributed by atoms with Crippen molar-refractivity contribution in [3.8, 4) is 5.69 Å². The zero-order valence-electron chi connectivity index (χ0n) is 17.2. The van der Waals surface area contributed by atoms with E-state index in [1.54, 1.807) is 16.7 Å². The number of amides is 1. The van der Waals surface area contributed by atoms with Gasteiger partial charge in [0.15, 0.2) is 0 Å². The molecule has 0 spiro atoms. The van der Waals surface area contributed by atoms with Gasteiger partial charge in [0, 0.05) is 29.7 Å². The molecule has 1 amide bonds. The number of hydrogen-bond donors (Lipinski definition) is 0. The Morgan fingerprint density at radius 1 is 1.07 bits per heavy atom. The number of rotatable bonds is 6. The van der Waals surface area contributed by atoms with Gasteiger partial charge in [-0.3, -0.25) is 4.79 Å². The van der Waals surface area contributed by atoms with Gasteiger partial charge >= 0.3 is 0 Å². The first-order valence-electron chi connectivity index (χ1n) is 9.41.